The molecule has 1 aromatic heterocycles. The molecule has 0 spiro atoms. The number of nitrogens with one attached hydrogen (secondary N) is 2. The highest BCUT2D eigenvalue weighted by molar-refractivity contribution is 7.89. The molecule has 1 aliphatic rings. The van der Waals surface area contributed by atoms with Crippen LogP contribution in [0.5, 0.6) is 5.88 Å². The van der Waals surface area contributed by atoms with Crippen molar-refractivity contribution in [3.63, 3.8) is 0 Å². The standard InChI is InChI=1S/C20H28N6O6S/c21-18-17(26-29)19(32-12-13-4-2-1-3-5-13)25-20(24-18)23-14-6-8-16(9-7-14)33(30,31)22-10-15(28)11-27/h6-9,13,15,22,27-28H,1-5,10-12H2,(H3,21,23,24,25). The summed E-state index contributed by atoms with van der Waals surface area (Å²) in [6.45, 7) is -0.463. The molecule has 1 atom stereocenters. The second kappa shape index (κ2) is 11.3. The molecule has 0 amide bonds. The average Bonchev–Trinajstić information content (AvgIpc) is 2.82. The van der Waals surface area contributed by atoms with Gasteiger partial charge in [-0.3, -0.25) is 0 Å². The number of hydrogen-bond acceptors (Lipinski definition) is 11. The number of rotatable bonds is 11. The number of nitrogens with zero attached hydrogens (tertiary/aromatic N) is 3. The highest BCUT2D eigenvalue weighted by Crippen LogP contribution is 2.33. The summed E-state index contributed by atoms with van der Waals surface area (Å²) in [5, 5.41) is 23.9. The van der Waals surface area contributed by atoms with Gasteiger partial charge in [0.05, 0.1) is 24.2 Å². The van der Waals surface area contributed by atoms with Crippen molar-refractivity contribution in [1.29, 1.82) is 0 Å². The zero-order valence-corrected chi connectivity index (χ0v) is 18.8. The van der Waals surface area contributed by atoms with Crippen molar-refractivity contribution in [2.75, 3.05) is 30.8 Å². The van der Waals surface area contributed by atoms with Crippen LogP contribution in [-0.4, -0.2) is 54.5 Å². The number of benzene rings is 1. The van der Waals surface area contributed by atoms with Crippen LogP contribution >= 0.6 is 0 Å². The molecule has 13 heteroatoms. The van der Waals surface area contributed by atoms with Gasteiger partial charge in [0.15, 0.2) is 5.82 Å². The van der Waals surface area contributed by atoms with Crippen LogP contribution < -0.4 is 20.5 Å². The van der Waals surface area contributed by atoms with Gasteiger partial charge in [-0.1, -0.05) is 19.3 Å². The van der Waals surface area contributed by atoms with Crippen LogP contribution in [0.1, 0.15) is 32.1 Å². The lowest BCUT2D eigenvalue weighted by molar-refractivity contribution is 0.0988. The summed E-state index contributed by atoms with van der Waals surface area (Å²) in [7, 11) is -3.86. The fourth-order valence-electron chi connectivity index (χ4n) is 3.44. The number of aromatic nitrogens is 2. The fourth-order valence-corrected chi connectivity index (χ4v) is 4.52. The van der Waals surface area contributed by atoms with Gasteiger partial charge in [-0.05, 0) is 48.2 Å². The zero-order valence-electron chi connectivity index (χ0n) is 18.0. The van der Waals surface area contributed by atoms with Crippen molar-refractivity contribution in [3.05, 3.63) is 29.2 Å². The Kier molecular flexibility index (Phi) is 8.49. The summed E-state index contributed by atoms with van der Waals surface area (Å²) in [4.78, 5) is 19.4. The Labute approximate surface area is 191 Å². The Morgan fingerprint density at radius 2 is 1.88 bits per heavy atom. The number of aliphatic hydroxyl groups excluding tert-OH is 2. The van der Waals surface area contributed by atoms with Crippen molar-refractivity contribution in [2.45, 2.75) is 43.1 Å². The molecule has 1 heterocycles. The third-order valence-corrected chi connectivity index (χ3v) is 6.73. The van der Waals surface area contributed by atoms with Crippen molar-refractivity contribution < 1.29 is 23.4 Å². The van der Waals surface area contributed by atoms with Crippen LogP contribution in [0.4, 0.5) is 23.1 Å². The molecule has 1 aromatic carbocycles. The first kappa shape index (κ1) is 24.8. The molecule has 0 bridgehead atoms. The maximum atomic E-state index is 12.3. The van der Waals surface area contributed by atoms with E-state index in [0.717, 1.165) is 25.7 Å². The van der Waals surface area contributed by atoms with E-state index < -0.39 is 22.7 Å². The SMILES string of the molecule is Nc1nc(Nc2ccc(S(=O)(=O)NCC(O)CO)cc2)nc(OCC2CCCCC2)c1N=O. The van der Waals surface area contributed by atoms with Gasteiger partial charge in [0.1, 0.15) is 0 Å². The Balaban J connectivity index is 1.70. The van der Waals surface area contributed by atoms with Crippen molar-refractivity contribution in [3.8, 4) is 5.88 Å². The van der Waals surface area contributed by atoms with Gasteiger partial charge in [0.2, 0.25) is 21.7 Å². The van der Waals surface area contributed by atoms with E-state index in [4.69, 9.17) is 15.6 Å². The molecule has 0 radical (unpaired) electrons. The second-order valence-electron chi connectivity index (χ2n) is 7.83. The first-order chi connectivity index (χ1) is 15.8. The van der Waals surface area contributed by atoms with Gasteiger partial charge in [-0.15, -0.1) is 4.91 Å². The Morgan fingerprint density at radius 3 is 2.52 bits per heavy atom. The first-order valence-electron chi connectivity index (χ1n) is 10.6. The van der Waals surface area contributed by atoms with Gasteiger partial charge in [0.25, 0.3) is 5.88 Å². The van der Waals surface area contributed by atoms with E-state index in [1.54, 1.807) is 0 Å². The summed E-state index contributed by atoms with van der Waals surface area (Å²) in [5.41, 5.74) is 6.16. The molecule has 2 aromatic rings. The van der Waals surface area contributed by atoms with Gasteiger partial charge in [0, 0.05) is 12.2 Å². The number of nitroso groups, excluding NO2 is 1. The van der Waals surface area contributed by atoms with E-state index in [1.165, 1.54) is 30.7 Å². The van der Waals surface area contributed by atoms with Gasteiger partial charge >= 0.3 is 0 Å². The molecule has 1 aliphatic carbocycles. The summed E-state index contributed by atoms with van der Waals surface area (Å²) in [6.07, 6.45) is 4.43. The highest BCUT2D eigenvalue weighted by Gasteiger charge is 2.20. The smallest absolute Gasteiger partial charge is 0.250 e. The number of sulfonamides is 1. The minimum absolute atomic E-state index is 0.00332. The minimum atomic E-state index is -3.86. The average molecular weight is 481 g/mol. The first-order valence-corrected chi connectivity index (χ1v) is 12.1. The van der Waals surface area contributed by atoms with Crippen LogP contribution in [0.25, 0.3) is 0 Å². The van der Waals surface area contributed by atoms with Crippen LogP contribution in [0.3, 0.4) is 0 Å². The lowest BCUT2D eigenvalue weighted by atomic mass is 9.90. The molecule has 0 aliphatic heterocycles. The molecular weight excluding hydrogens is 452 g/mol. The number of anilines is 3. The molecule has 33 heavy (non-hydrogen) atoms. The quantitative estimate of drug-likeness (QED) is 0.296. The Morgan fingerprint density at radius 1 is 1.18 bits per heavy atom. The van der Waals surface area contributed by atoms with Crippen LogP contribution in [0.2, 0.25) is 0 Å². The molecule has 12 nitrogen and oxygen atoms in total. The van der Waals surface area contributed by atoms with E-state index in [9.17, 15) is 18.4 Å². The maximum absolute atomic E-state index is 12.3. The molecule has 3 rings (SSSR count). The number of nitrogen functional groups attached to an aromatic ring is 1. The maximum Gasteiger partial charge on any atom is 0.250 e. The van der Waals surface area contributed by atoms with Crippen molar-refractivity contribution >= 4 is 33.2 Å². The summed E-state index contributed by atoms with van der Waals surface area (Å²) < 4.78 is 32.5. The molecule has 0 saturated heterocycles. The summed E-state index contributed by atoms with van der Waals surface area (Å²) >= 11 is 0. The molecule has 1 saturated carbocycles. The van der Waals surface area contributed by atoms with E-state index in [2.05, 4.69) is 25.2 Å². The molecule has 180 valence electrons. The summed E-state index contributed by atoms with van der Waals surface area (Å²) in [6, 6.07) is 5.68. The van der Waals surface area contributed by atoms with E-state index in [1.807, 2.05) is 0 Å². The fraction of sp³-hybridized carbons (Fsp3) is 0.500. The zero-order chi connectivity index (χ0) is 23.8. The molecule has 6 N–H and O–H groups in total. The molecule has 1 fully saturated rings. The van der Waals surface area contributed by atoms with E-state index in [0.29, 0.717) is 18.2 Å². The second-order valence-corrected chi connectivity index (χ2v) is 9.60. The molecular formula is C20H28N6O6S. The van der Waals surface area contributed by atoms with Crippen molar-refractivity contribution in [2.24, 2.45) is 11.1 Å². The summed E-state index contributed by atoms with van der Waals surface area (Å²) in [5.74, 6) is 0.314. The van der Waals surface area contributed by atoms with E-state index >= 15 is 0 Å². The number of aliphatic hydroxyl groups is 2. The van der Waals surface area contributed by atoms with Crippen LogP contribution in [0, 0.1) is 10.8 Å². The number of nitrogens with two attached hydrogens (primary N) is 1. The highest BCUT2D eigenvalue weighted by atomic mass is 32.2. The Bertz CT molecular complexity index is 1040. The van der Waals surface area contributed by atoms with Gasteiger partial charge in [-0.2, -0.15) is 9.97 Å². The monoisotopic (exact) mass is 480 g/mol. The molecule has 1 unspecified atom stereocenters. The lowest BCUT2D eigenvalue weighted by Gasteiger charge is -2.21. The number of hydrogen-bond donors (Lipinski definition) is 5. The van der Waals surface area contributed by atoms with E-state index in [-0.39, 0.29) is 34.8 Å². The largest absolute Gasteiger partial charge is 0.476 e. The van der Waals surface area contributed by atoms with Crippen LogP contribution in [0.15, 0.2) is 34.3 Å². The predicted molar refractivity (Wildman–Crippen MR) is 122 cm³/mol. The van der Waals surface area contributed by atoms with Crippen molar-refractivity contribution in [1.82, 2.24) is 14.7 Å². The topological polar surface area (TPSA) is 189 Å². The van der Waals surface area contributed by atoms with Crippen LogP contribution in [-0.2, 0) is 10.0 Å². The van der Waals surface area contributed by atoms with Gasteiger partial charge in [-0.25, -0.2) is 13.1 Å². The Hall–Kier alpha value is -2.87. The predicted octanol–water partition coefficient (Wildman–Crippen LogP) is 1.79. The number of ether oxygens (including phenoxy) is 1. The minimum Gasteiger partial charge on any atom is -0.476 e. The third kappa shape index (κ3) is 6.81. The normalized spacial score (nSPS) is 15.7. The lowest BCUT2D eigenvalue weighted by Crippen LogP contribution is -2.33. The third-order valence-electron chi connectivity index (χ3n) is 5.29. The van der Waals surface area contributed by atoms with Gasteiger partial charge < -0.3 is 26.0 Å².